The smallest absolute Gasteiger partial charge is 0.408 e. The fourth-order valence-electron chi connectivity index (χ4n) is 1.51. The quantitative estimate of drug-likeness (QED) is 0.333. The van der Waals surface area contributed by atoms with Crippen molar-refractivity contribution in [3.63, 3.8) is 0 Å². The van der Waals surface area contributed by atoms with Gasteiger partial charge in [0, 0.05) is 6.07 Å². The minimum atomic E-state index is -0.878. The van der Waals surface area contributed by atoms with E-state index in [-0.39, 0.29) is 11.7 Å². The number of carbonyl (C=O) groups excluding carboxylic acids is 2. The van der Waals surface area contributed by atoms with Gasteiger partial charge in [-0.2, -0.15) is 0 Å². The fraction of sp³-hybridized carbons (Fsp3) is 0.400. The Hall–Kier alpha value is -2.77. The normalized spacial score (nSPS) is 12.0. The van der Waals surface area contributed by atoms with Gasteiger partial charge in [-0.3, -0.25) is 0 Å². The molecule has 1 rings (SSSR count). The van der Waals surface area contributed by atoms with Gasteiger partial charge in [-0.05, 0) is 39.8 Å². The van der Waals surface area contributed by atoms with Gasteiger partial charge in [-0.15, -0.1) is 0 Å². The predicted octanol–water partition coefficient (Wildman–Crippen LogP) is 1.41. The summed E-state index contributed by atoms with van der Waals surface area (Å²) >= 11 is 0. The zero-order chi connectivity index (χ0) is 17.6. The molecular weight excluding hydrogens is 300 g/mol. The molecule has 0 spiro atoms. The highest BCUT2D eigenvalue weighted by atomic mass is 16.6. The molecule has 0 aromatic heterocycles. The van der Waals surface area contributed by atoms with Gasteiger partial charge in [0.2, 0.25) is 0 Å². The molecular formula is C15H22N4O4. The van der Waals surface area contributed by atoms with Crippen LogP contribution in [-0.4, -0.2) is 29.7 Å². The lowest BCUT2D eigenvalue weighted by Crippen LogP contribution is -2.43. The molecule has 23 heavy (non-hydrogen) atoms. The van der Waals surface area contributed by atoms with Crippen LogP contribution in [0.15, 0.2) is 29.3 Å². The van der Waals surface area contributed by atoms with Crippen LogP contribution in [0.2, 0.25) is 0 Å². The van der Waals surface area contributed by atoms with Crippen LogP contribution in [0.5, 0.6) is 5.75 Å². The molecule has 0 saturated heterocycles. The lowest BCUT2D eigenvalue weighted by molar-refractivity contribution is -0.136. The van der Waals surface area contributed by atoms with Gasteiger partial charge in [-0.25, -0.2) is 14.6 Å². The third-order valence-corrected chi connectivity index (χ3v) is 2.38. The average Bonchev–Trinajstić information content (AvgIpc) is 2.35. The van der Waals surface area contributed by atoms with Gasteiger partial charge in [0.15, 0.2) is 5.96 Å². The molecule has 126 valence electrons. The van der Waals surface area contributed by atoms with Crippen LogP contribution in [-0.2, 0) is 9.53 Å². The molecule has 0 saturated carbocycles. The van der Waals surface area contributed by atoms with Gasteiger partial charge in [0.05, 0.1) is 5.69 Å². The van der Waals surface area contributed by atoms with Crippen molar-refractivity contribution in [2.45, 2.75) is 39.3 Å². The van der Waals surface area contributed by atoms with Crippen molar-refractivity contribution >= 4 is 23.7 Å². The molecule has 0 aliphatic rings. The number of carbonyl (C=O) groups is 2. The summed E-state index contributed by atoms with van der Waals surface area (Å²) in [6, 6.07) is 5.48. The zero-order valence-corrected chi connectivity index (χ0v) is 13.6. The molecule has 0 bridgehead atoms. The SMILES string of the molecule is C[C@@H](NC(=O)OC(C)(C)C)C(=O)Oc1cccc(N=C(N)N)c1. The number of rotatable bonds is 4. The third-order valence-electron chi connectivity index (χ3n) is 2.38. The van der Waals surface area contributed by atoms with Crippen LogP contribution >= 0.6 is 0 Å². The number of amides is 1. The van der Waals surface area contributed by atoms with E-state index in [9.17, 15) is 9.59 Å². The summed E-state index contributed by atoms with van der Waals surface area (Å²) in [4.78, 5) is 27.4. The van der Waals surface area contributed by atoms with Gasteiger partial charge in [-0.1, -0.05) is 6.07 Å². The van der Waals surface area contributed by atoms with Crippen LogP contribution in [0.4, 0.5) is 10.5 Å². The van der Waals surface area contributed by atoms with Gasteiger partial charge in [0.1, 0.15) is 17.4 Å². The first-order chi connectivity index (χ1) is 10.6. The Balaban J connectivity index is 2.65. The Bertz CT molecular complexity index is 604. The second kappa shape index (κ2) is 7.48. The standard InChI is InChI=1S/C15H22N4O4/c1-9(18-14(21)23-15(2,3)4)12(20)22-11-7-5-6-10(8-11)19-13(16)17/h5-9H,1-4H3,(H,18,21)(H4,16,17,19)/t9-/m1/s1. The molecule has 1 aromatic rings. The highest BCUT2D eigenvalue weighted by Crippen LogP contribution is 2.20. The second-order valence-corrected chi connectivity index (χ2v) is 5.82. The number of ether oxygens (including phenoxy) is 2. The number of aliphatic imine (C=N–C) groups is 1. The Labute approximate surface area is 134 Å². The number of benzene rings is 1. The van der Waals surface area contributed by atoms with Gasteiger partial charge >= 0.3 is 12.1 Å². The highest BCUT2D eigenvalue weighted by Gasteiger charge is 2.22. The Morgan fingerprint density at radius 1 is 1.26 bits per heavy atom. The lowest BCUT2D eigenvalue weighted by atomic mass is 10.2. The topological polar surface area (TPSA) is 129 Å². The maximum Gasteiger partial charge on any atom is 0.408 e. The maximum atomic E-state index is 12.0. The summed E-state index contributed by atoms with van der Waals surface area (Å²) in [5.41, 5.74) is 10.4. The monoisotopic (exact) mass is 322 g/mol. The Morgan fingerprint density at radius 3 is 2.48 bits per heavy atom. The average molecular weight is 322 g/mol. The first-order valence-electron chi connectivity index (χ1n) is 6.98. The first kappa shape index (κ1) is 18.3. The zero-order valence-electron chi connectivity index (χ0n) is 13.6. The Morgan fingerprint density at radius 2 is 1.91 bits per heavy atom. The van der Waals surface area contributed by atoms with E-state index >= 15 is 0 Å². The van der Waals surface area contributed by atoms with E-state index < -0.39 is 23.7 Å². The van der Waals surface area contributed by atoms with Crippen molar-refractivity contribution in [1.82, 2.24) is 5.32 Å². The van der Waals surface area contributed by atoms with E-state index in [0.29, 0.717) is 5.69 Å². The number of hydrogen-bond donors (Lipinski definition) is 3. The van der Waals surface area contributed by atoms with E-state index in [0.717, 1.165) is 0 Å². The minimum absolute atomic E-state index is 0.103. The highest BCUT2D eigenvalue weighted by molar-refractivity contribution is 5.83. The summed E-state index contributed by atoms with van der Waals surface area (Å²) in [5.74, 6) is -0.485. The number of nitrogens with one attached hydrogen (secondary N) is 1. The van der Waals surface area contributed by atoms with Gasteiger partial charge < -0.3 is 26.3 Å². The fourth-order valence-corrected chi connectivity index (χ4v) is 1.51. The summed E-state index contributed by atoms with van der Waals surface area (Å²) in [7, 11) is 0. The number of nitrogens with zero attached hydrogens (tertiary/aromatic N) is 1. The van der Waals surface area contributed by atoms with Crippen molar-refractivity contribution in [3.8, 4) is 5.75 Å². The molecule has 1 amide bonds. The van der Waals surface area contributed by atoms with Crippen molar-refractivity contribution in [2.75, 3.05) is 0 Å². The summed E-state index contributed by atoms with van der Waals surface area (Å²) in [6.07, 6.45) is -0.698. The molecule has 0 fully saturated rings. The number of nitrogens with two attached hydrogens (primary N) is 2. The molecule has 0 unspecified atom stereocenters. The molecule has 0 aliphatic carbocycles. The molecule has 1 aromatic carbocycles. The maximum absolute atomic E-state index is 12.0. The summed E-state index contributed by atoms with van der Waals surface area (Å²) in [5, 5.41) is 2.40. The van der Waals surface area contributed by atoms with Crippen molar-refractivity contribution < 1.29 is 19.1 Å². The molecule has 5 N–H and O–H groups in total. The Kier molecular flexibility index (Phi) is 5.94. The van der Waals surface area contributed by atoms with Crippen LogP contribution in [0.25, 0.3) is 0 Å². The molecule has 0 heterocycles. The molecule has 0 radical (unpaired) electrons. The van der Waals surface area contributed by atoms with E-state index in [1.807, 2.05) is 0 Å². The molecule has 8 nitrogen and oxygen atoms in total. The first-order valence-corrected chi connectivity index (χ1v) is 6.98. The van der Waals surface area contributed by atoms with E-state index in [2.05, 4.69) is 10.3 Å². The van der Waals surface area contributed by atoms with Crippen molar-refractivity contribution in [3.05, 3.63) is 24.3 Å². The molecule has 8 heteroatoms. The van der Waals surface area contributed by atoms with Crippen LogP contribution in [0, 0.1) is 0 Å². The van der Waals surface area contributed by atoms with Crippen LogP contribution < -0.4 is 21.5 Å². The second-order valence-electron chi connectivity index (χ2n) is 5.82. The number of hydrogen-bond acceptors (Lipinski definition) is 5. The molecule has 0 aliphatic heterocycles. The minimum Gasteiger partial charge on any atom is -0.444 e. The number of alkyl carbamates (subject to hydrolysis) is 1. The van der Waals surface area contributed by atoms with E-state index in [1.54, 1.807) is 39.0 Å². The lowest BCUT2D eigenvalue weighted by Gasteiger charge is -2.21. The summed E-state index contributed by atoms with van der Waals surface area (Å²) in [6.45, 7) is 6.67. The van der Waals surface area contributed by atoms with E-state index in [1.165, 1.54) is 13.0 Å². The van der Waals surface area contributed by atoms with Crippen molar-refractivity contribution in [2.24, 2.45) is 16.5 Å². The predicted molar refractivity (Wildman–Crippen MR) is 86.4 cm³/mol. The third kappa shape index (κ3) is 7.16. The molecule has 1 atom stereocenters. The summed E-state index contributed by atoms with van der Waals surface area (Å²) < 4.78 is 10.2. The van der Waals surface area contributed by atoms with Crippen molar-refractivity contribution in [1.29, 1.82) is 0 Å². The number of guanidine groups is 1. The van der Waals surface area contributed by atoms with E-state index in [4.69, 9.17) is 20.9 Å². The van der Waals surface area contributed by atoms with Crippen LogP contribution in [0.3, 0.4) is 0 Å². The van der Waals surface area contributed by atoms with Gasteiger partial charge in [0.25, 0.3) is 0 Å². The van der Waals surface area contributed by atoms with Crippen LogP contribution in [0.1, 0.15) is 27.7 Å². The largest absolute Gasteiger partial charge is 0.444 e. The number of esters is 1.